The van der Waals surface area contributed by atoms with E-state index in [0.717, 1.165) is 22.7 Å². The molecule has 0 spiro atoms. The number of nitrogens with zero attached hydrogens (tertiary/aromatic N) is 2. The van der Waals surface area contributed by atoms with Gasteiger partial charge >= 0.3 is 0 Å². The summed E-state index contributed by atoms with van der Waals surface area (Å²) in [5.74, 6) is 0. The predicted octanol–water partition coefficient (Wildman–Crippen LogP) is 16.2. The van der Waals surface area contributed by atoms with Crippen molar-refractivity contribution in [2.75, 3.05) is 9.80 Å². The molecule has 0 N–H and O–H groups in total. The summed E-state index contributed by atoms with van der Waals surface area (Å²) in [7, 11) is 0. The van der Waals surface area contributed by atoms with Crippen LogP contribution >= 0.6 is 22.7 Å². The molecule has 2 nitrogen and oxygen atoms in total. The highest BCUT2D eigenvalue weighted by molar-refractivity contribution is 7.26. The molecule has 0 saturated carbocycles. The fraction of sp³-hybridized carbons (Fsp3) is 0. The summed E-state index contributed by atoms with van der Waals surface area (Å²) in [6, 6.07) is 75.0. The van der Waals surface area contributed by atoms with Crippen LogP contribution in [0.25, 0.3) is 62.2 Å². The standard InChI is InChI=1S/C52H34N2S2/c1-3-15-36(16-4-1)53(47-25-13-23-44-42-21-9-11-27-49(42)55-51(44)47)38-31-29-35(30-32-38)39-33-34-46(41-20-8-7-19-40(39)41)54(37-17-5-2-6-18-37)48-26-14-24-45-43-22-10-12-28-50(43)56-52(45)48/h1-34H. The van der Waals surface area contributed by atoms with Gasteiger partial charge in [-0.3, -0.25) is 0 Å². The van der Waals surface area contributed by atoms with Crippen LogP contribution in [0.2, 0.25) is 0 Å². The molecule has 0 amide bonds. The summed E-state index contributed by atoms with van der Waals surface area (Å²) >= 11 is 3.73. The topological polar surface area (TPSA) is 6.48 Å². The molecule has 0 aliphatic heterocycles. The Morgan fingerprint density at radius 2 is 0.714 bits per heavy atom. The quantitative estimate of drug-likeness (QED) is 0.160. The highest BCUT2D eigenvalue weighted by Crippen LogP contribution is 2.48. The molecule has 0 fully saturated rings. The minimum atomic E-state index is 1.12. The molecular weight excluding hydrogens is 717 g/mol. The van der Waals surface area contributed by atoms with E-state index in [9.17, 15) is 0 Å². The molecule has 0 aliphatic rings. The van der Waals surface area contributed by atoms with Crippen molar-refractivity contribution < 1.29 is 0 Å². The van der Waals surface area contributed by atoms with Gasteiger partial charge in [-0.1, -0.05) is 140 Å². The molecule has 0 radical (unpaired) electrons. The highest BCUT2D eigenvalue weighted by Gasteiger charge is 2.22. The first-order valence-electron chi connectivity index (χ1n) is 18.9. The molecule has 9 aromatic carbocycles. The summed E-state index contributed by atoms with van der Waals surface area (Å²) in [6.45, 7) is 0. The van der Waals surface area contributed by atoms with Gasteiger partial charge in [-0.2, -0.15) is 0 Å². The maximum Gasteiger partial charge on any atom is 0.0640 e. The lowest BCUT2D eigenvalue weighted by Gasteiger charge is -2.28. The van der Waals surface area contributed by atoms with Crippen LogP contribution in [0.4, 0.5) is 34.1 Å². The number of para-hydroxylation sites is 2. The van der Waals surface area contributed by atoms with E-state index >= 15 is 0 Å². The Balaban J connectivity index is 1.05. The van der Waals surface area contributed by atoms with E-state index < -0.39 is 0 Å². The van der Waals surface area contributed by atoms with E-state index in [0.29, 0.717) is 0 Å². The molecule has 264 valence electrons. The average Bonchev–Trinajstić information content (AvgIpc) is 3.85. The lowest BCUT2D eigenvalue weighted by molar-refractivity contribution is 1.30. The Morgan fingerprint density at radius 1 is 0.268 bits per heavy atom. The van der Waals surface area contributed by atoms with Crippen molar-refractivity contribution in [2.45, 2.75) is 0 Å². The number of hydrogen-bond donors (Lipinski definition) is 0. The van der Waals surface area contributed by atoms with Gasteiger partial charge in [0.2, 0.25) is 0 Å². The number of hydrogen-bond acceptors (Lipinski definition) is 4. The first-order valence-corrected chi connectivity index (χ1v) is 20.6. The van der Waals surface area contributed by atoms with Crippen LogP contribution in [0.3, 0.4) is 0 Å². The minimum absolute atomic E-state index is 1.12. The van der Waals surface area contributed by atoms with Crippen molar-refractivity contribution in [3.63, 3.8) is 0 Å². The first kappa shape index (κ1) is 32.7. The van der Waals surface area contributed by atoms with E-state index in [1.54, 1.807) is 0 Å². The fourth-order valence-electron chi connectivity index (χ4n) is 8.33. The van der Waals surface area contributed by atoms with E-state index in [1.807, 2.05) is 22.7 Å². The van der Waals surface area contributed by atoms with E-state index in [-0.39, 0.29) is 0 Å². The van der Waals surface area contributed by atoms with Gasteiger partial charge in [0.25, 0.3) is 0 Å². The first-order chi connectivity index (χ1) is 27.8. The van der Waals surface area contributed by atoms with Crippen molar-refractivity contribution in [1.29, 1.82) is 0 Å². The van der Waals surface area contributed by atoms with Gasteiger partial charge < -0.3 is 9.80 Å². The zero-order chi connectivity index (χ0) is 37.0. The maximum absolute atomic E-state index is 2.44. The summed E-state index contributed by atoms with van der Waals surface area (Å²) in [6.07, 6.45) is 0. The molecule has 2 heterocycles. The Labute approximate surface area is 333 Å². The van der Waals surface area contributed by atoms with E-state index in [4.69, 9.17) is 0 Å². The van der Waals surface area contributed by atoms with E-state index in [1.165, 1.54) is 73.6 Å². The van der Waals surface area contributed by atoms with Crippen molar-refractivity contribution >= 4 is 108 Å². The lowest BCUT2D eigenvalue weighted by Crippen LogP contribution is -2.10. The molecule has 0 aliphatic carbocycles. The lowest BCUT2D eigenvalue weighted by atomic mass is 9.96. The average molecular weight is 751 g/mol. The molecule has 0 saturated heterocycles. The molecule has 4 heteroatoms. The van der Waals surface area contributed by atoms with Gasteiger partial charge in [-0.05, 0) is 83.2 Å². The van der Waals surface area contributed by atoms with Gasteiger partial charge in [0.15, 0.2) is 0 Å². The molecule has 11 rings (SSSR count). The number of benzene rings is 9. The van der Waals surface area contributed by atoms with Gasteiger partial charge in [-0.25, -0.2) is 0 Å². The third kappa shape index (κ3) is 5.37. The van der Waals surface area contributed by atoms with Crippen LogP contribution in [0.1, 0.15) is 0 Å². The van der Waals surface area contributed by atoms with Crippen LogP contribution < -0.4 is 9.80 Å². The highest BCUT2D eigenvalue weighted by atomic mass is 32.1. The van der Waals surface area contributed by atoms with Gasteiger partial charge in [0.05, 0.1) is 26.5 Å². The van der Waals surface area contributed by atoms with Crippen LogP contribution in [0.5, 0.6) is 0 Å². The zero-order valence-electron chi connectivity index (χ0n) is 30.3. The number of fused-ring (bicyclic) bond motifs is 7. The van der Waals surface area contributed by atoms with Gasteiger partial charge in [-0.15, -0.1) is 22.7 Å². The predicted molar refractivity (Wildman–Crippen MR) is 245 cm³/mol. The molecule has 2 aromatic heterocycles. The molecule has 0 atom stereocenters. The smallest absolute Gasteiger partial charge is 0.0640 e. The number of anilines is 6. The normalized spacial score (nSPS) is 11.6. The number of thiophene rings is 2. The second-order valence-electron chi connectivity index (χ2n) is 14.1. The zero-order valence-corrected chi connectivity index (χ0v) is 32.0. The van der Waals surface area contributed by atoms with Crippen molar-refractivity contribution in [3.8, 4) is 11.1 Å². The van der Waals surface area contributed by atoms with Crippen molar-refractivity contribution in [2.24, 2.45) is 0 Å². The maximum atomic E-state index is 2.44. The Bertz CT molecular complexity index is 3200. The number of rotatable bonds is 7. The molecule has 11 aromatic rings. The van der Waals surface area contributed by atoms with Crippen LogP contribution in [-0.2, 0) is 0 Å². The summed E-state index contributed by atoms with van der Waals surface area (Å²) in [5, 5.41) is 7.62. The van der Waals surface area contributed by atoms with Crippen molar-refractivity contribution in [3.05, 3.63) is 206 Å². The largest absolute Gasteiger partial charge is 0.309 e. The second-order valence-corrected chi connectivity index (χ2v) is 16.2. The summed E-state index contributed by atoms with van der Waals surface area (Å²) in [5.41, 5.74) is 9.31. The Kier molecular flexibility index (Phi) is 7.90. The third-order valence-electron chi connectivity index (χ3n) is 10.9. The monoisotopic (exact) mass is 750 g/mol. The summed E-state index contributed by atoms with van der Waals surface area (Å²) in [4.78, 5) is 4.84. The van der Waals surface area contributed by atoms with Gasteiger partial charge in [0, 0.05) is 53.4 Å². The van der Waals surface area contributed by atoms with Crippen LogP contribution in [-0.4, -0.2) is 0 Å². The van der Waals surface area contributed by atoms with Crippen molar-refractivity contribution in [1.82, 2.24) is 0 Å². The fourth-order valence-corrected chi connectivity index (χ4v) is 10.7. The summed E-state index contributed by atoms with van der Waals surface area (Å²) < 4.78 is 5.19. The van der Waals surface area contributed by atoms with Gasteiger partial charge in [0.1, 0.15) is 0 Å². The minimum Gasteiger partial charge on any atom is -0.309 e. The SMILES string of the molecule is c1ccc(N(c2ccc(-c3ccc(N(c4ccccc4)c4cccc5c4sc4ccccc45)c4ccccc34)cc2)c2cccc3c2sc2ccccc23)cc1. The van der Waals surface area contributed by atoms with E-state index in [2.05, 4.69) is 216 Å². The molecule has 56 heavy (non-hydrogen) atoms. The second kappa shape index (κ2) is 13.5. The molecule has 0 bridgehead atoms. The van der Waals surface area contributed by atoms with Crippen LogP contribution in [0.15, 0.2) is 206 Å². The van der Waals surface area contributed by atoms with Crippen LogP contribution in [0, 0.1) is 0 Å². The Morgan fingerprint density at radius 3 is 1.30 bits per heavy atom. The molecule has 0 unspecified atom stereocenters. The Hall–Kier alpha value is -6.72. The third-order valence-corrected chi connectivity index (χ3v) is 13.3. The molecular formula is C52H34N2S2.